The van der Waals surface area contributed by atoms with E-state index >= 15 is 0 Å². The van der Waals surface area contributed by atoms with Gasteiger partial charge < -0.3 is 10.1 Å². The Labute approximate surface area is 114 Å². The molecule has 0 bridgehead atoms. The van der Waals surface area contributed by atoms with Crippen molar-refractivity contribution in [2.24, 2.45) is 0 Å². The smallest absolute Gasteiger partial charge is 0.373 e. The molecule has 120 valence electrons. The van der Waals surface area contributed by atoms with Crippen molar-refractivity contribution in [3.05, 3.63) is 0 Å². The molecule has 1 saturated carbocycles. The van der Waals surface area contributed by atoms with Crippen molar-refractivity contribution in [2.75, 3.05) is 0 Å². The number of carbonyl (C=O) groups is 1. The fourth-order valence-electron chi connectivity index (χ4n) is 1.17. The molecule has 0 spiro atoms. The van der Waals surface area contributed by atoms with E-state index in [1.54, 1.807) is 5.32 Å². The zero-order valence-corrected chi connectivity index (χ0v) is 11.9. The maximum atomic E-state index is 12.6. The third-order valence-electron chi connectivity index (χ3n) is 2.64. The van der Waals surface area contributed by atoms with Gasteiger partial charge in [0.25, 0.3) is 0 Å². The van der Waals surface area contributed by atoms with Crippen LogP contribution in [-0.2, 0) is 9.53 Å². The first-order valence-corrected chi connectivity index (χ1v) is 6.46. The second-order valence-corrected chi connectivity index (χ2v) is 4.37. The van der Waals surface area contributed by atoms with Crippen molar-refractivity contribution in [3.63, 3.8) is 0 Å². The standard InChI is InChI=1S/C10H14F5NO2.C2H6/c1-5(6(2)18-7-3-4-7)16-8(17)9(11,12)10(13,14)15;1-2/h5-7H,3-4H2,1-2H3,(H,16,17);1-2H3. The van der Waals surface area contributed by atoms with Crippen LogP contribution < -0.4 is 5.32 Å². The van der Waals surface area contributed by atoms with E-state index < -0.39 is 30.2 Å². The first kappa shape index (κ1) is 19.1. The summed E-state index contributed by atoms with van der Waals surface area (Å²) < 4.78 is 66.3. The monoisotopic (exact) mass is 305 g/mol. The number of amides is 1. The Bertz CT molecular complexity index is 315. The third kappa shape index (κ3) is 5.22. The predicted octanol–water partition coefficient (Wildman–Crippen LogP) is 3.28. The fraction of sp³-hybridized carbons (Fsp3) is 0.917. The molecule has 1 fully saturated rings. The molecule has 1 aliphatic rings. The molecule has 1 aliphatic carbocycles. The molecule has 1 N–H and O–H groups in total. The summed E-state index contributed by atoms with van der Waals surface area (Å²) >= 11 is 0. The van der Waals surface area contributed by atoms with Crippen LogP contribution in [0.2, 0.25) is 0 Å². The molecule has 8 heteroatoms. The van der Waals surface area contributed by atoms with Crippen LogP contribution in [0.4, 0.5) is 22.0 Å². The normalized spacial score (nSPS) is 18.6. The van der Waals surface area contributed by atoms with Gasteiger partial charge >= 0.3 is 18.0 Å². The minimum atomic E-state index is -5.89. The number of ether oxygens (including phenoxy) is 1. The van der Waals surface area contributed by atoms with Gasteiger partial charge in [-0.1, -0.05) is 13.8 Å². The van der Waals surface area contributed by atoms with Crippen LogP contribution in [0.1, 0.15) is 40.5 Å². The first-order valence-electron chi connectivity index (χ1n) is 6.46. The largest absolute Gasteiger partial charge is 0.463 e. The lowest BCUT2D eigenvalue weighted by Crippen LogP contribution is -2.54. The van der Waals surface area contributed by atoms with Crippen molar-refractivity contribution in [2.45, 2.75) is 70.9 Å². The average Bonchev–Trinajstić information content (AvgIpc) is 3.13. The maximum absolute atomic E-state index is 12.6. The number of hydrogen-bond acceptors (Lipinski definition) is 2. The number of halogens is 5. The lowest BCUT2D eigenvalue weighted by atomic mass is 10.2. The fourth-order valence-corrected chi connectivity index (χ4v) is 1.17. The summed E-state index contributed by atoms with van der Waals surface area (Å²) in [6.07, 6.45) is -4.82. The van der Waals surface area contributed by atoms with Crippen LogP contribution in [0.15, 0.2) is 0 Å². The number of carbonyl (C=O) groups excluding carboxylic acids is 1. The molecule has 0 aromatic carbocycles. The zero-order valence-electron chi connectivity index (χ0n) is 11.9. The number of alkyl halides is 5. The molecule has 2 unspecified atom stereocenters. The summed E-state index contributed by atoms with van der Waals surface area (Å²) in [4.78, 5) is 10.9. The summed E-state index contributed by atoms with van der Waals surface area (Å²) in [5, 5.41) is 1.63. The van der Waals surface area contributed by atoms with E-state index in [-0.39, 0.29) is 6.10 Å². The molecule has 1 rings (SSSR count). The van der Waals surface area contributed by atoms with E-state index in [0.29, 0.717) is 0 Å². The quantitative estimate of drug-likeness (QED) is 0.792. The van der Waals surface area contributed by atoms with Crippen molar-refractivity contribution >= 4 is 5.91 Å². The third-order valence-corrected chi connectivity index (χ3v) is 2.64. The molecule has 0 aromatic heterocycles. The van der Waals surface area contributed by atoms with Gasteiger partial charge in [-0.2, -0.15) is 22.0 Å². The van der Waals surface area contributed by atoms with E-state index in [1.165, 1.54) is 13.8 Å². The molecule has 2 atom stereocenters. The van der Waals surface area contributed by atoms with E-state index in [0.717, 1.165) is 12.8 Å². The van der Waals surface area contributed by atoms with Gasteiger partial charge in [0.2, 0.25) is 0 Å². The van der Waals surface area contributed by atoms with Gasteiger partial charge in [0.05, 0.1) is 18.2 Å². The number of nitrogens with one attached hydrogen (secondary N) is 1. The Kier molecular flexibility index (Phi) is 6.86. The molecule has 0 aliphatic heterocycles. The second-order valence-electron chi connectivity index (χ2n) is 4.37. The van der Waals surface area contributed by atoms with E-state index in [4.69, 9.17) is 4.74 Å². The Balaban J connectivity index is 0.00000172. The van der Waals surface area contributed by atoms with Crippen LogP contribution in [0.5, 0.6) is 0 Å². The van der Waals surface area contributed by atoms with Gasteiger partial charge in [-0.05, 0) is 26.7 Å². The highest BCUT2D eigenvalue weighted by Crippen LogP contribution is 2.35. The molecule has 0 radical (unpaired) electrons. The first-order chi connectivity index (χ1) is 9.05. The second kappa shape index (κ2) is 7.19. The average molecular weight is 305 g/mol. The summed E-state index contributed by atoms with van der Waals surface area (Å²) in [6, 6.07) is -0.925. The van der Waals surface area contributed by atoms with Gasteiger partial charge in [-0.25, -0.2) is 0 Å². The summed E-state index contributed by atoms with van der Waals surface area (Å²) in [6.45, 7) is 6.83. The van der Waals surface area contributed by atoms with Gasteiger partial charge in [-0.15, -0.1) is 0 Å². The highest BCUT2D eigenvalue weighted by Gasteiger charge is 2.63. The summed E-state index contributed by atoms with van der Waals surface area (Å²) in [5.74, 6) is -7.74. The van der Waals surface area contributed by atoms with Crippen LogP contribution >= 0.6 is 0 Å². The van der Waals surface area contributed by atoms with E-state index in [9.17, 15) is 26.7 Å². The Morgan fingerprint density at radius 3 is 1.95 bits per heavy atom. The Morgan fingerprint density at radius 2 is 1.60 bits per heavy atom. The van der Waals surface area contributed by atoms with Gasteiger partial charge in [0.1, 0.15) is 0 Å². The Hall–Kier alpha value is -0.920. The van der Waals surface area contributed by atoms with Crippen LogP contribution in [-0.4, -0.2) is 36.3 Å². The van der Waals surface area contributed by atoms with Crippen molar-refractivity contribution < 1.29 is 31.5 Å². The predicted molar refractivity (Wildman–Crippen MR) is 63.5 cm³/mol. The van der Waals surface area contributed by atoms with Gasteiger partial charge in [0.15, 0.2) is 0 Å². The summed E-state index contributed by atoms with van der Waals surface area (Å²) in [5.41, 5.74) is 0. The van der Waals surface area contributed by atoms with Crippen LogP contribution in [0.3, 0.4) is 0 Å². The van der Waals surface area contributed by atoms with Crippen LogP contribution in [0, 0.1) is 0 Å². The molecular weight excluding hydrogens is 285 g/mol. The zero-order chi connectivity index (χ0) is 16.1. The van der Waals surface area contributed by atoms with E-state index in [1.807, 2.05) is 13.8 Å². The molecule has 0 heterocycles. The molecule has 3 nitrogen and oxygen atoms in total. The lowest BCUT2D eigenvalue weighted by Gasteiger charge is -2.25. The van der Waals surface area contributed by atoms with Crippen LogP contribution in [0.25, 0.3) is 0 Å². The van der Waals surface area contributed by atoms with Crippen molar-refractivity contribution in [1.29, 1.82) is 0 Å². The molecule has 0 aromatic rings. The summed E-state index contributed by atoms with van der Waals surface area (Å²) in [7, 11) is 0. The SMILES string of the molecule is CC.CC(NC(=O)C(F)(F)C(F)(F)F)C(C)OC1CC1. The maximum Gasteiger partial charge on any atom is 0.463 e. The van der Waals surface area contributed by atoms with Crippen molar-refractivity contribution in [1.82, 2.24) is 5.32 Å². The number of hydrogen-bond donors (Lipinski definition) is 1. The highest BCUT2D eigenvalue weighted by molar-refractivity contribution is 5.84. The van der Waals surface area contributed by atoms with Gasteiger partial charge in [0, 0.05) is 0 Å². The minimum Gasteiger partial charge on any atom is -0.373 e. The van der Waals surface area contributed by atoms with E-state index in [2.05, 4.69) is 0 Å². The Morgan fingerprint density at radius 1 is 1.15 bits per heavy atom. The molecule has 0 saturated heterocycles. The van der Waals surface area contributed by atoms with Crippen molar-refractivity contribution in [3.8, 4) is 0 Å². The molecule has 20 heavy (non-hydrogen) atoms. The highest BCUT2D eigenvalue weighted by atomic mass is 19.4. The van der Waals surface area contributed by atoms with Gasteiger partial charge in [-0.3, -0.25) is 4.79 Å². The topological polar surface area (TPSA) is 38.3 Å². The minimum absolute atomic E-state index is 0.0162. The lowest BCUT2D eigenvalue weighted by molar-refractivity contribution is -0.270. The molecular formula is C12H20F5NO2. The number of rotatable bonds is 5. The molecule has 1 amide bonds.